The first-order valence-electron chi connectivity index (χ1n) is 7.18. The number of carbonyl (C=O) groups is 1. The minimum absolute atomic E-state index is 0.149. The van der Waals surface area contributed by atoms with Gasteiger partial charge in [0.2, 0.25) is 0 Å². The monoisotopic (exact) mass is 340 g/mol. The maximum atomic E-state index is 12.8. The van der Waals surface area contributed by atoms with Crippen molar-refractivity contribution < 1.29 is 18.0 Å². The van der Waals surface area contributed by atoms with E-state index in [1.54, 1.807) is 0 Å². The Morgan fingerprint density at radius 1 is 1.35 bits per heavy atom. The standard InChI is InChI=1S/C16H15F3N2OS/c1-10-4-2-3-5-11(10)15(6-7-15)8-20-14(22)12-13(16(17,18)19)21-9-23-12/h2-5,9H,6-8H2,1H3,(H,20,22). The number of nitrogens with zero attached hydrogens (tertiary/aromatic N) is 1. The number of nitrogens with one attached hydrogen (secondary N) is 1. The summed E-state index contributed by atoms with van der Waals surface area (Å²) in [5.74, 6) is -0.709. The van der Waals surface area contributed by atoms with Gasteiger partial charge in [0, 0.05) is 12.0 Å². The van der Waals surface area contributed by atoms with E-state index in [-0.39, 0.29) is 10.3 Å². The van der Waals surface area contributed by atoms with Gasteiger partial charge in [-0.1, -0.05) is 24.3 Å². The zero-order valence-corrected chi connectivity index (χ0v) is 13.2. The Kier molecular flexibility index (Phi) is 3.91. The van der Waals surface area contributed by atoms with Crippen LogP contribution in [0.15, 0.2) is 29.8 Å². The highest BCUT2D eigenvalue weighted by Gasteiger charge is 2.45. The molecule has 0 unspecified atom stereocenters. The summed E-state index contributed by atoms with van der Waals surface area (Å²) >= 11 is 0.711. The molecule has 1 aliphatic carbocycles. The number of aryl methyl sites for hydroxylation is 1. The molecular formula is C16H15F3N2OS. The highest BCUT2D eigenvalue weighted by Crippen LogP contribution is 2.48. The summed E-state index contributed by atoms with van der Waals surface area (Å²) in [7, 11) is 0. The Balaban J connectivity index is 1.73. The molecule has 0 aliphatic heterocycles. The van der Waals surface area contributed by atoms with Crippen LogP contribution in [0.3, 0.4) is 0 Å². The molecule has 1 fully saturated rings. The number of aromatic nitrogens is 1. The smallest absolute Gasteiger partial charge is 0.350 e. The quantitative estimate of drug-likeness (QED) is 0.916. The number of hydrogen-bond donors (Lipinski definition) is 1. The second-order valence-corrected chi connectivity index (χ2v) is 6.66. The van der Waals surface area contributed by atoms with Gasteiger partial charge in [-0.05, 0) is 30.9 Å². The van der Waals surface area contributed by atoms with Crippen LogP contribution in [0.2, 0.25) is 0 Å². The van der Waals surface area contributed by atoms with Gasteiger partial charge in [0.25, 0.3) is 5.91 Å². The Morgan fingerprint density at radius 3 is 2.65 bits per heavy atom. The van der Waals surface area contributed by atoms with Crippen molar-refractivity contribution in [2.75, 3.05) is 6.54 Å². The molecule has 122 valence electrons. The second-order valence-electron chi connectivity index (χ2n) is 5.81. The molecule has 0 saturated heterocycles. The summed E-state index contributed by atoms with van der Waals surface area (Å²) in [6, 6.07) is 7.90. The Hall–Kier alpha value is -1.89. The summed E-state index contributed by atoms with van der Waals surface area (Å²) in [6.07, 6.45) is -2.76. The summed E-state index contributed by atoms with van der Waals surface area (Å²) in [4.78, 5) is 15.0. The third-order valence-corrected chi connectivity index (χ3v) is 5.02. The lowest BCUT2D eigenvalue weighted by atomic mass is 9.92. The summed E-state index contributed by atoms with van der Waals surface area (Å²) in [5.41, 5.74) is 2.07. The molecular weight excluding hydrogens is 325 g/mol. The molecule has 7 heteroatoms. The Morgan fingerprint density at radius 2 is 2.04 bits per heavy atom. The van der Waals surface area contributed by atoms with Gasteiger partial charge in [-0.3, -0.25) is 4.79 Å². The van der Waals surface area contributed by atoms with E-state index < -0.39 is 17.8 Å². The third-order valence-electron chi connectivity index (χ3n) is 4.20. The van der Waals surface area contributed by atoms with Crippen molar-refractivity contribution in [3.8, 4) is 0 Å². The Labute approximate surface area is 135 Å². The van der Waals surface area contributed by atoms with Crippen LogP contribution in [0.1, 0.15) is 39.3 Å². The van der Waals surface area contributed by atoms with Crippen molar-refractivity contribution in [3.05, 3.63) is 51.5 Å². The number of thiazole rings is 1. The minimum Gasteiger partial charge on any atom is -0.350 e. The zero-order valence-electron chi connectivity index (χ0n) is 12.4. The van der Waals surface area contributed by atoms with Gasteiger partial charge in [0.05, 0.1) is 5.51 Å². The highest BCUT2D eigenvalue weighted by molar-refractivity contribution is 7.11. The fraction of sp³-hybridized carbons (Fsp3) is 0.375. The topological polar surface area (TPSA) is 42.0 Å². The molecule has 3 nitrogen and oxygen atoms in total. The molecule has 1 amide bonds. The van der Waals surface area contributed by atoms with E-state index in [1.165, 1.54) is 0 Å². The molecule has 1 saturated carbocycles. The molecule has 2 aromatic rings. The molecule has 3 rings (SSSR count). The number of amides is 1. The maximum Gasteiger partial charge on any atom is 0.434 e. The van der Waals surface area contributed by atoms with Gasteiger partial charge in [0.1, 0.15) is 4.88 Å². The number of alkyl halides is 3. The van der Waals surface area contributed by atoms with Crippen LogP contribution >= 0.6 is 11.3 Å². The van der Waals surface area contributed by atoms with Crippen LogP contribution in [0.5, 0.6) is 0 Å². The first kappa shape index (κ1) is 16.0. The zero-order chi connectivity index (χ0) is 16.7. The number of carbonyl (C=O) groups excluding carboxylic acids is 1. The van der Waals surface area contributed by atoms with Crippen molar-refractivity contribution in [2.45, 2.75) is 31.4 Å². The van der Waals surface area contributed by atoms with E-state index in [1.807, 2.05) is 31.2 Å². The molecule has 0 radical (unpaired) electrons. The number of halogens is 3. The summed E-state index contributed by atoms with van der Waals surface area (Å²) in [5, 5.41) is 2.66. The minimum atomic E-state index is -4.61. The van der Waals surface area contributed by atoms with Crippen molar-refractivity contribution in [1.29, 1.82) is 0 Å². The molecule has 23 heavy (non-hydrogen) atoms. The molecule has 0 atom stereocenters. The van der Waals surface area contributed by atoms with E-state index >= 15 is 0 Å². The summed E-state index contributed by atoms with van der Waals surface area (Å²) < 4.78 is 38.4. The first-order valence-corrected chi connectivity index (χ1v) is 8.06. The van der Waals surface area contributed by atoms with Crippen LogP contribution in [0.4, 0.5) is 13.2 Å². The van der Waals surface area contributed by atoms with Crippen LogP contribution in [-0.2, 0) is 11.6 Å². The average Bonchev–Trinajstić information content (AvgIpc) is 3.09. The van der Waals surface area contributed by atoms with Crippen LogP contribution in [-0.4, -0.2) is 17.4 Å². The van der Waals surface area contributed by atoms with E-state index in [0.717, 1.165) is 29.5 Å². The molecule has 0 spiro atoms. The average molecular weight is 340 g/mol. The van der Waals surface area contributed by atoms with Crippen LogP contribution in [0.25, 0.3) is 0 Å². The fourth-order valence-electron chi connectivity index (χ4n) is 2.80. The molecule has 0 bridgehead atoms. The normalized spacial score (nSPS) is 16.2. The van der Waals surface area contributed by atoms with Crippen molar-refractivity contribution in [3.63, 3.8) is 0 Å². The number of rotatable bonds is 4. The first-order chi connectivity index (χ1) is 10.8. The van der Waals surface area contributed by atoms with Gasteiger partial charge >= 0.3 is 6.18 Å². The number of benzene rings is 1. The van der Waals surface area contributed by atoms with E-state index in [2.05, 4.69) is 10.3 Å². The second kappa shape index (κ2) is 5.63. The van der Waals surface area contributed by atoms with Crippen LogP contribution < -0.4 is 5.32 Å². The SMILES string of the molecule is Cc1ccccc1C1(CNC(=O)c2scnc2C(F)(F)F)CC1. The fourth-order valence-corrected chi connectivity index (χ4v) is 3.52. The van der Waals surface area contributed by atoms with Gasteiger partial charge < -0.3 is 5.32 Å². The van der Waals surface area contributed by atoms with E-state index in [4.69, 9.17) is 0 Å². The van der Waals surface area contributed by atoms with Gasteiger partial charge in [-0.15, -0.1) is 11.3 Å². The Bertz CT molecular complexity index is 735. The molecule has 1 heterocycles. The third kappa shape index (κ3) is 3.10. The van der Waals surface area contributed by atoms with Gasteiger partial charge in [-0.25, -0.2) is 4.98 Å². The lowest BCUT2D eigenvalue weighted by Crippen LogP contribution is -2.33. The van der Waals surface area contributed by atoms with E-state index in [0.29, 0.717) is 17.9 Å². The largest absolute Gasteiger partial charge is 0.434 e. The summed E-state index contributed by atoms with van der Waals surface area (Å²) in [6.45, 7) is 2.34. The van der Waals surface area contributed by atoms with Gasteiger partial charge in [0.15, 0.2) is 5.69 Å². The van der Waals surface area contributed by atoms with Gasteiger partial charge in [-0.2, -0.15) is 13.2 Å². The van der Waals surface area contributed by atoms with E-state index in [9.17, 15) is 18.0 Å². The van der Waals surface area contributed by atoms with Crippen LogP contribution in [0, 0.1) is 6.92 Å². The van der Waals surface area contributed by atoms with Crippen molar-refractivity contribution >= 4 is 17.2 Å². The predicted octanol–water partition coefficient (Wildman–Crippen LogP) is 3.93. The molecule has 1 aliphatic rings. The maximum absolute atomic E-state index is 12.8. The lowest BCUT2D eigenvalue weighted by molar-refractivity contribution is -0.141. The molecule has 1 aromatic carbocycles. The predicted molar refractivity (Wildman–Crippen MR) is 81.5 cm³/mol. The van der Waals surface area contributed by atoms with Crippen molar-refractivity contribution in [1.82, 2.24) is 10.3 Å². The lowest BCUT2D eigenvalue weighted by Gasteiger charge is -2.19. The molecule has 1 N–H and O–H groups in total. The highest BCUT2D eigenvalue weighted by atomic mass is 32.1. The number of hydrogen-bond acceptors (Lipinski definition) is 3. The van der Waals surface area contributed by atoms with Crippen molar-refractivity contribution in [2.24, 2.45) is 0 Å². The molecule has 1 aromatic heterocycles.